The molecule has 4 rings (SSSR count). The maximum absolute atomic E-state index is 12.9. The van der Waals surface area contributed by atoms with Gasteiger partial charge < -0.3 is 0 Å². The average Bonchev–Trinajstić information content (AvgIpc) is 2.98. The van der Waals surface area contributed by atoms with Gasteiger partial charge in [0.15, 0.2) is 5.78 Å². The number of carbonyl (C=O) groups excluding carboxylic acids is 4. The highest BCUT2D eigenvalue weighted by Gasteiger charge is 2.49. The number of piperidine rings is 1. The van der Waals surface area contributed by atoms with Crippen LogP contribution in [0.2, 0.25) is 0 Å². The van der Waals surface area contributed by atoms with E-state index in [0.717, 1.165) is 36.1 Å². The van der Waals surface area contributed by atoms with E-state index in [1.54, 1.807) is 0 Å². The molecule has 2 aliphatic heterocycles. The predicted octanol–water partition coefficient (Wildman–Crippen LogP) is 2.91. The number of ketones is 1. The number of hydrogen-bond donors (Lipinski definition) is 0. The molecule has 3 aliphatic rings. The predicted molar refractivity (Wildman–Crippen MR) is 110 cm³/mol. The van der Waals surface area contributed by atoms with Crippen molar-refractivity contribution in [1.29, 1.82) is 0 Å². The average molecular weight is 412 g/mol. The third-order valence-electron chi connectivity index (χ3n) is 6.84. The fourth-order valence-electron chi connectivity index (χ4n) is 4.99. The van der Waals surface area contributed by atoms with E-state index in [2.05, 4.69) is 0 Å². The fraction of sp³-hybridized carbons (Fsp3) is 0.565. The van der Waals surface area contributed by atoms with E-state index >= 15 is 0 Å². The summed E-state index contributed by atoms with van der Waals surface area (Å²) in [6, 6.07) is 8.63. The van der Waals surface area contributed by atoms with Crippen LogP contribution in [-0.2, 0) is 9.59 Å². The quantitative estimate of drug-likeness (QED) is 0.423. The third-order valence-corrected chi connectivity index (χ3v) is 6.84. The lowest BCUT2D eigenvalue weighted by Crippen LogP contribution is -2.48. The number of nitrogens with zero attached hydrogens (tertiary/aromatic N) is 3. The van der Waals surface area contributed by atoms with Crippen molar-refractivity contribution in [3.63, 3.8) is 0 Å². The Morgan fingerprint density at radius 1 is 0.933 bits per heavy atom. The Balaban J connectivity index is 1.36. The van der Waals surface area contributed by atoms with E-state index in [0.29, 0.717) is 25.9 Å². The van der Waals surface area contributed by atoms with Crippen molar-refractivity contribution in [3.05, 3.63) is 35.9 Å². The van der Waals surface area contributed by atoms with Gasteiger partial charge in [0.05, 0.1) is 6.67 Å². The zero-order valence-corrected chi connectivity index (χ0v) is 17.5. The minimum absolute atomic E-state index is 0.0464. The normalized spacial score (nSPS) is 26.5. The number of amides is 4. The highest BCUT2D eigenvalue weighted by molar-refractivity contribution is 6.44. The highest BCUT2D eigenvalue weighted by Crippen LogP contribution is 2.31. The van der Waals surface area contributed by atoms with Crippen LogP contribution in [0.4, 0.5) is 4.79 Å². The molecule has 3 fully saturated rings. The molecule has 2 atom stereocenters. The monoisotopic (exact) mass is 411 g/mol. The lowest BCUT2D eigenvalue weighted by atomic mass is 9.85. The molecular formula is C23H29N3O4. The van der Waals surface area contributed by atoms with Crippen molar-refractivity contribution < 1.29 is 19.2 Å². The molecule has 160 valence electrons. The van der Waals surface area contributed by atoms with Crippen LogP contribution in [0.5, 0.6) is 0 Å². The van der Waals surface area contributed by atoms with Gasteiger partial charge in [-0.05, 0) is 31.6 Å². The summed E-state index contributed by atoms with van der Waals surface area (Å²) in [4.78, 5) is 55.0. The number of urea groups is 1. The molecule has 1 aliphatic carbocycles. The third kappa shape index (κ3) is 3.90. The van der Waals surface area contributed by atoms with Gasteiger partial charge in [-0.1, -0.05) is 50.1 Å². The smallest absolute Gasteiger partial charge is 0.294 e. The Hall–Kier alpha value is -2.54. The zero-order valence-electron chi connectivity index (χ0n) is 17.5. The fourth-order valence-corrected chi connectivity index (χ4v) is 4.99. The molecule has 1 saturated carbocycles. The molecule has 7 nitrogen and oxygen atoms in total. The van der Waals surface area contributed by atoms with Crippen LogP contribution in [0.3, 0.4) is 0 Å². The van der Waals surface area contributed by atoms with Gasteiger partial charge in [-0.25, -0.2) is 9.69 Å². The second-order valence-corrected chi connectivity index (χ2v) is 8.78. The summed E-state index contributed by atoms with van der Waals surface area (Å²) < 4.78 is 0. The minimum atomic E-state index is -0.722. The molecule has 7 heteroatoms. The van der Waals surface area contributed by atoms with Crippen molar-refractivity contribution in [2.24, 2.45) is 11.8 Å². The van der Waals surface area contributed by atoms with Crippen molar-refractivity contribution in [2.45, 2.75) is 51.5 Å². The molecular weight excluding hydrogens is 382 g/mol. The maximum atomic E-state index is 12.9. The standard InChI is InChI=1S/C23H29N3O4/c1-16-7-5-6-10-19(16)26-22(29)21(28)25(23(26)30)15-24-13-11-18(12-14-24)20(27)17-8-3-2-4-9-17/h2-4,8-9,16,18-19H,5-7,10-15H2,1H3/t16-,19+/m0/s1. The van der Waals surface area contributed by atoms with Crippen LogP contribution in [0, 0.1) is 11.8 Å². The lowest BCUT2D eigenvalue weighted by Gasteiger charge is -2.35. The number of benzene rings is 1. The van der Waals surface area contributed by atoms with Gasteiger partial charge in [-0.3, -0.25) is 24.2 Å². The first-order valence-electron chi connectivity index (χ1n) is 11.0. The van der Waals surface area contributed by atoms with Crippen LogP contribution in [0.25, 0.3) is 0 Å². The molecule has 2 heterocycles. The van der Waals surface area contributed by atoms with Gasteiger partial charge in [-0.15, -0.1) is 0 Å². The number of likely N-dealkylation sites (tertiary alicyclic amines) is 1. The molecule has 1 aromatic carbocycles. The Labute approximate surface area is 177 Å². The minimum Gasteiger partial charge on any atom is -0.294 e. The lowest BCUT2D eigenvalue weighted by molar-refractivity contribution is -0.145. The van der Waals surface area contributed by atoms with E-state index < -0.39 is 17.8 Å². The number of hydrogen-bond acceptors (Lipinski definition) is 5. The summed E-state index contributed by atoms with van der Waals surface area (Å²) in [5.41, 5.74) is 0.726. The van der Waals surface area contributed by atoms with Crippen molar-refractivity contribution in [2.75, 3.05) is 19.8 Å². The number of Topliss-reactive ketones (excluding diaryl/α,β-unsaturated/α-hetero) is 1. The van der Waals surface area contributed by atoms with Gasteiger partial charge in [0.2, 0.25) is 0 Å². The number of rotatable bonds is 5. The van der Waals surface area contributed by atoms with Gasteiger partial charge in [0.25, 0.3) is 0 Å². The van der Waals surface area contributed by atoms with Crippen molar-refractivity contribution in [3.8, 4) is 0 Å². The summed E-state index contributed by atoms with van der Waals surface area (Å²) in [5.74, 6) is -1.08. The summed E-state index contributed by atoms with van der Waals surface area (Å²) in [6.45, 7) is 3.40. The second-order valence-electron chi connectivity index (χ2n) is 8.78. The topological polar surface area (TPSA) is 78.0 Å². The van der Waals surface area contributed by atoms with Crippen LogP contribution in [0.1, 0.15) is 55.8 Å². The van der Waals surface area contributed by atoms with Crippen molar-refractivity contribution in [1.82, 2.24) is 14.7 Å². The van der Waals surface area contributed by atoms with Crippen LogP contribution in [-0.4, -0.2) is 64.1 Å². The first kappa shape index (κ1) is 20.7. The van der Waals surface area contributed by atoms with E-state index in [1.807, 2.05) is 42.2 Å². The summed E-state index contributed by atoms with van der Waals surface area (Å²) in [5, 5.41) is 0. The van der Waals surface area contributed by atoms with Gasteiger partial charge in [-0.2, -0.15) is 0 Å². The van der Waals surface area contributed by atoms with Crippen LogP contribution >= 0.6 is 0 Å². The molecule has 1 aromatic rings. The van der Waals surface area contributed by atoms with Gasteiger partial charge in [0.1, 0.15) is 0 Å². The molecule has 0 spiro atoms. The van der Waals surface area contributed by atoms with E-state index in [-0.39, 0.29) is 30.3 Å². The molecule has 2 saturated heterocycles. The number of imide groups is 2. The molecule has 30 heavy (non-hydrogen) atoms. The molecule has 0 unspecified atom stereocenters. The number of carbonyl (C=O) groups is 4. The molecule has 0 radical (unpaired) electrons. The van der Waals surface area contributed by atoms with Crippen molar-refractivity contribution >= 4 is 23.6 Å². The Kier molecular flexibility index (Phi) is 5.99. The summed E-state index contributed by atoms with van der Waals surface area (Å²) >= 11 is 0. The van der Waals surface area contributed by atoms with E-state index in [1.165, 1.54) is 4.90 Å². The second kappa shape index (κ2) is 8.68. The van der Waals surface area contributed by atoms with Gasteiger partial charge >= 0.3 is 17.8 Å². The SMILES string of the molecule is C[C@H]1CCCC[C@H]1N1C(=O)C(=O)N(CN2CCC(C(=O)c3ccccc3)CC2)C1=O. The largest absolute Gasteiger partial charge is 0.335 e. The van der Waals surface area contributed by atoms with Gasteiger partial charge in [0, 0.05) is 30.6 Å². The Morgan fingerprint density at radius 2 is 1.60 bits per heavy atom. The molecule has 0 aromatic heterocycles. The summed E-state index contributed by atoms with van der Waals surface area (Å²) in [6.07, 6.45) is 5.18. The first-order valence-corrected chi connectivity index (χ1v) is 11.0. The van der Waals surface area contributed by atoms with Crippen LogP contribution < -0.4 is 0 Å². The molecule has 0 N–H and O–H groups in total. The first-order chi connectivity index (χ1) is 14.5. The van der Waals surface area contributed by atoms with E-state index in [9.17, 15) is 19.2 Å². The van der Waals surface area contributed by atoms with E-state index in [4.69, 9.17) is 0 Å². The Morgan fingerprint density at radius 3 is 2.27 bits per heavy atom. The zero-order chi connectivity index (χ0) is 21.3. The van der Waals surface area contributed by atoms with Crippen LogP contribution in [0.15, 0.2) is 30.3 Å². The summed E-state index contributed by atoms with van der Waals surface area (Å²) in [7, 11) is 0. The molecule has 0 bridgehead atoms. The highest BCUT2D eigenvalue weighted by atomic mass is 16.2. The maximum Gasteiger partial charge on any atom is 0.335 e. The molecule has 4 amide bonds. The Bertz CT molecular complexity index is 832.